The van der Waals surface area contributed by atoms with Gasteiger partial charge in [-0.2, -0.15) is 0 Å². The summed E-state index contributed by atoms with van der Waals surface area (Å²) in [5.74, 6) is -0.326. The lowest BCUT2D eigenvalue weighted by Gasteiger charge is -2.06. The van der Waals surface area contributed by atoms with E-state index in [2.05, 4.69) is 10.1 Å². The number of nitrogens with zero attached hydrogens (tertiary/aromatic N) is 1. The molecule has 0 bridgehead atoms. The first-order valence-electron chi connectivity index (χ1n) is 4.89. The third kappa shape index (κ3) is 3.63. The zero-order valence-corrected chi connectivity index (χ0v) is 9.30. The van der Waals surface area contributed by atoms with Gasteiger partial charge in [0.15, 0.2) is 0 Å². The van der Waals surface area contributed by atoms with Crippen molar-refractivity contribution in [3.63, 3.8) is 0 Å². The molecule has 1 aromatic rings. The number of esters is 1. The molecule has 0 saturated carbocycles. The van der Waals surface area contributed by atoms with E-state index >= 15 is 0 Å². The van der Waals surface area contributed by atoms with E-state index in [4.69, 9.17) is 5.73 Å². The van der Waals surface area contributed by atoms with E-state index in [-0.39, 0.29) is 23.8 Å². The summed E-state index contributed by atoms with van der Waals surface area (Å²) >= 11 is 0. The quantitative estimate of drug-likeness (QED) is 0.345. The van der Waals surface area contributed by atoms with Gasteiger partial charge < -0.3 is 15.8 Å². The van der Waals surface area contributed by atoms with E-state index in [1.165, 1.54) is 25.3 Å². The normalized spacial score (nSPS) is 9.71. The lowest BCUT2D eigenvalue weighted by atomic mass is 10.2. The largest absolute Gasteiger partial charge is 0.469 e. The van der Waals surface area contributed by atoms with Gasteiger partial charge in [0.05, 0.1) is 18.5 Å². The van der Waals surface area contributed by atoms with Gasteiger partial charge in [0.1, 0.15) is 5.69 Å². The molecular weight excluding hydrogens is 226 g/mol. The summed E-state index contributed by atoms with van der Waals surface area (Å²) in [5, 5.41) is 13.4. The topological polar surface area (TPSA) is 107 Å². The van der Waals surface area contributed by atoms with Crippen molar-refractivity contribution in [2.75, 3.05) is 24.7 Å². The van der Waals surface area contributed by atoms with Gasteiger partial charge in [-0.1, -0.05) is 0 Å². The average Bonchev–Trinajstić information content (AvgIpc) is 2.28. The van der Waals surface area contributed by atoms with Crippen molar-refractivity contribution in [3.05, 3.63) is 28.3 Å². The van der Waals surface area contributed by atoms with Gasteiger partial charge in [-0.15, -0.1) is 0 Å². The fourth-order valence-corrected chi connectivity index (χ4v) is 1.24. The molecule has 7 nitrogen and oxygen atoms in total. The Labute approximate surface area is 97.7 Å². The average molecular weight is 239 g/mol. The van der Waals surface area contributed by atoms with Crippen LogP contribution in [-0.4, -0.2) is 24.5 Å². The molecule has 0 atom stereocenters. The molecule has 0 saturated heterocycles. The number of carbonyl (C=O) groups excluding carboxylic acids is 1. The summed E-state index contributed by atoms with van der Waals surface area (Å²) in [4.78, 5) is 20.8. The van der Waals surface area contributed by atoms with Crippen molar-refractivity contribution >= 4 is 23.0 Å². The molecule has 17 heavy (non-hydrogen) atoms. The third-order valence-corrected chi connectivity index (χ3v) is 2.11. The Bertz CT molecular complexity index is 434. The Balaban J connectivity index is 2.59. The third-order valence-electron chi connectivity index (χ3n) is 2.11. The number of anilines is 2. The first kappa shape index (κ1) is 12.8. The maximum atomic E-state index is 10.8. The number of nitrogens with one attached hydrogen (secondary N) is 1. The number of nitrogen functional groups attached to an aromatic ring is 1. The van der Waals surface area contributed by atoms with Gasteiger partial charge in [0.25, 0.3) is 5.69 Å². The zero-order chi connectivity index (χ0) is 12.8. The number of ether oxygens (including phenoxy) is 1. The zero-order valence-electron chi connectivity index (χ0n) is 9.30. The number of nitro groups is 1. The summed E-state index contributed by atoms with van der Waals surface area (Å²) in [7, 11) is 1.31. The molecule has 0 aliphatic rings. The second kappa shape index (κ2) is 5.69. The van der Waals surface area contributed by atoms with Crippen molar-refractivity contribution in [1.29, 1.82) is 0 Å². The SMILES string of the molecule is COC(=O)CCNc1ccc([N+](=O)[O-])c(N)c1. The van der Waals surface area contributed by atoms with Crippen LogP contribution in [0.1, 0.15) is 6.42 Å². The Morgan fingerprint density at radius 2 is 2.29 bits per heavy atom. The number of benzene rings is 1. The predicted molar refractivity (Wildman–Crippen MR) is 62.6 cm³/mol. The summed E-state index contributed by atoms with van der Waals surface area (Å²) in [6.07, 6.45) is 0.216. The second-order valence-electron chi connectivity index (χ2n) is 3.28. The van der Waals surface area contributed by atoms with Crippen molar-refractivity contribution in [1.82, 2.24) is 0 Å². The van der Waals surface area contributed by atoms with Gasteiger partial charge >= 0.3 is 5.97 Å². The number of hydrogen-bond donors (Lipinski definition) is 2. The monoisotopic (exact) mass is 239 g/mol. The maximum absolute atomic E-state index is 10.8. The van der Waals surface area contributed by atoms with E-state index in [0.29, 0.717) is 12.2 Å². The van der Waals surface area contributed by atoms with Crippen LogP contribution < -0.4 is 11.1 Å². The molecule has 0 radical (unpaired) electrons. The lowest BCUT2D eigenvalue weighted by molar-refractivity contribution is -0.383. The molecule has 0 spiro atoms. The van der Waals surface area contributed by atoms with Gasteiger partial charge in [0.2, 0.25) is 0 Å². The second-order valence-corrected chi connectivity index (χ2v) is 3.28. The highest BCUT2D eigenvalue weighted by Gasteiger charge is 2.10. The van der Waals surface area contributed by atoms with E-state index < -0.39 is 4.92 Å². The molecule has 92 valence electrons. The molecule has 0 heterocycles. The molecule has 0 unspecified atom stereocenters. The van der Waals surface area contributed by atoms with Crippen molar-refractivity contribution in [3.8, 4) is 0 Å². The van der Waals surface area contributed by atoms with Crippen LogP contribution in [0.15, 0.2) is 18.2 Å². The van der Waals surface area contributed by atoms with E-state index in [0.717, 1.165) is 0 Å². The summed E-state index contributed by atoms with van der Waals surface area (Å²) in [6.45, 7) is 0.379. The highest BCUT2D eigenvalue weighted by atomic mass is 16.6. The van der Waals surface area contributed by atoms with Crippen LogP contribution in [-0.2, 0) is 9.53 Å². The minimum Gasteiger partial charge on any atom is -0.469 e. The molecular formula is C10H13N3O4. The van der Waals surface area contributed by atoms with Gasteiger partial charge in [0, 0.05) is 18.3 Å². The van der Waals surface area contributed by atoms with E-state index in [1.807, 2.05) is 0 Å². The van der Waals surface area contributed by atoms with E-state index in [1.54, 1.807) is 0 Å². The summed E-state index contributed by atoms with van der Waals surface area (Å²) < 4.78 is 4.47. The minimum atomic E-state index is -0.548. The molecule has 0 aliphatic carbocycles. The fraction of sp³-hybridized carbons (Fsp3) is 0.300. The summed E-state index contributed by atoms with van der Waals surface area (Å²) in [6, 6.07) is 4.30. The fourth-order valence-electron chi connectivity index (χ4n) is 1.24. The van der Waals surface area contributed by atoms with Crippen LogP contribution in [0.4, 0.5) is 17.1 Å². The minimum absolute atomic E-state index is 0.0815. The van der Waals surface area contributed by atoms with Gasteiger partial charge in [-0.3, -0.25) is 14.9 Å². The van der Waals surface area contributed by atoms with E-state index in [9.17, 15) is 14.9 Å². The predicted octanol–water partition coefficient (Wildman–Crippen LogP) is 1.15. The molecule has 0 fully saturated rings. The molecule has 0 aromatic heterocycles. The van der Waals surface area contributed by atoms with Crippen molar-refractivity contribution < 1.29 is 14.5 Å². The lowest BCUT2D eigenvalue weighted by Crippen LogP contribution is -2.09. The number of nitrogens with two attached hydrogens (primary N) is 1. The molecule has 3 N–H and O–H groups in total. The molecule has 7 heteroatoms. The van der Waals surface area contributed by atoms with Crippen LogP contribution in [0.2, 0.25) is 0 Å². The molecule has 1 aromatic carbocycles. The van der Waals surface area contributed by atoms with Crippen LogP contribution >= 0.6 is 0 Å². The molecule has 1 rings (SSSR count). The number of methoxy groups -OCH3 is 1. The van der Waals surface area contributed by atoms with Crippen LogP contribution in [0, 0.1) is 10.1 Å². The van der Waals surface area contributed by atoms with Crippen LogP contribution in [0.25, 0.3) is 0 Å². The Hall–Kier alpha value is -2.31. The number of nitro benzene ring substituents is 1. The van der Waals surface area contributed by atoms with Crippen LogP contribution in [0.3, 0.4) is 0 Å². The van der Waals surface area contributed by atoms with Crippen molar-refractivity contribution in [2.24, 2.45) is 0 Å². The molecule has 0 aliphatic heterocycles. The first-order valence-corrected chi connectivity index (χ1v) is 4.89. The smallest absolute Gasteiger partial charge is 0.307 e. The number of carbonyl (C=O) groups is 1. The highest BCUT2D eigenvalue weighted by molar-refractivity contribution is 5.70. The highest BCUT2D eigenvalue weighted by Crippen LogP contribution is 2.24. The first-order chi connectivity index (χ1) is 8.04. The van der Waals surface area contributed by atoms with Crippen LogP contribution in [0.5, 0.6) is 0 Å². The Kier molecular flexibility index (Phi) is 4.27. The Morgan fingerprint density at radius 3 is 2.82 bits per heavy atom. The Morgan fingerprint density at radius 1 is 1.59 bits per heavy atom. The van der Waals surface area contributed by atoms with Crippen molar-refractivity contribution in [2.45, 2.75) is 6.42 Å². The van der Waals surface area contributed by atoms with Gasteiger partial charge in [-0.25, -0.2) is 0 Å². The molecule has 0 amide bonds. The standard InChI is InChI=1S/C10H13N3O4/c1-17-10(14)4-5-12-7-2-3-9(13(15)16)8(11)6-7/h2-3,6,12H,4-5,11H2,1H3. The maximum Gasteiger partial charge on any atom is 0.307 e. The van der Waals surface area contributed by atoms with Gasteiger partial charge in [-0.05, 0) is 12.1 Å². The summed E-state index contributed by atoms with van der Waals surface area (Å²) in [5.41, 5.74) is 6.07. The number of hydrogen-bond acceptors (Lipinski definition) is 6. The number of rotatable bonds is 5.